The molecule has 0 fully saturated rings. The maximum atomic E-state index is 12.1. The Hall–Kier alpha value is -2.61. The maximum absolute atomic E-state index is 12.1. The summed E-state index contributed by atoms with van der Waals surface area (Å²) >= 11 is 3.27. The predicted molar refractivity (Wildman–Crippen MR) is 81.7 cm³/mol. The van der Waals surface area contributed by atoms with Crippen molar-refractivity contribution in [1.29, 1.82) is 0 Å². The molecule has 2 rings (SSSR count). The number of nitrogens with one attached hydrogen (secondary N) is 2. The third kappa shape index (κ3) is 3.48. The number of pyridine rings is 1. The van der Waals surface area contributed by atoms with Crippen molar-refractivity contribution >= 4 is 33.4 Å². The number of amides is 1. The van der Waals surface area contributed by atoms with Gasteiger partial charge < -0.3 is 21.2 Å². The number of amidine groups is 1. The first-order valence-electron chi connectivity index (χ1n) is 5.79. The first-order chi connectivity index (χ1) is 10.0. The molecule has 1 aromatic heterocycles. The molecule has 2 aromatic rings. The number of anilines is 1. The molecule has 1 amide bonds. The number of nitrogens with zero attached hydrogens (tertiary/aromatic N) is 1. The molecule has 108 valence electrons. The smallest absolute Gasteiger partial charge is 0.257 e. The van der Waals surface area contributed by atoms with Crippen LogP contribution in [0.1, 0.15) is 15.9 Å². The van der Waals surface area contributed by atoms with Crippen molar-refractivity contribution in [3.8, 4) is 0 Å². The zero-order chi connectivity index (χ0) is 15.4. The van der Waals surface area contributed by atoms with E-state index in [0.29, 0.717) is 15.7 Å². The van der Waals surface area contributed by atoms with E-state index in [4.69, 9.17) is 10.9 Å². The average molecular weight is 351 g/mol. The molecule has 1 heterocycles. The summed E-state index contributed by atoms with van der Waals surface area (Å²) in [7, 11) is 0. The number of nitrogens with two attached hydrogens (primary N) is 1. The van der Waals surface area contributed by atoms with Crippen LogP contribution in [0.25, 0.3) is 0 Å². The van der Waals surface area contributed by atoms with Crippen LogP contribution in [0.4, 0.5) is 5.69 Å². The van der Waals surface area contributed by atoms with Crippen LogP contribution in [-0.2, 0) is 0 Å². The van der Waals surface area contributed by atoms with E-state index in [1.54, 1.807) is 18.2 Å². The summed E-state index contributed by atoms with van der Waals surface area (Å²) in [6.45, 7) is 0. The average Bonchev–Trinajstić information content (AvgIpc) is 2.48. The van der Waals surface area contributed by atoms with E-state index in [0.717, 1.165) is 0 Å². The van der Waals surface area contributed by atoms with Crippen molar-refractivity contribution in [2.45, 2.75) is 0 Å². The fraction of sp³-hybridized carbons (Fsp3) is 0. The van der Waals surface area contributed by atoms with Crippen LogP contribution >= 0.6 is 15.9 Å². The van der Waals surface area contributed by atoms with E-state index in [2.05, 4.69) is 31.4 Å². The Bertz CT molecular complexity index is 750. The number of hydrogen-bond donors (Lipinski definition) is 4. The molecular weight excluding hydrogens is 340 g/mol. The SMILES string of the molecule is N/C(=N/O)c1cc(Br)ccc1NC(=O)c1ccc(=O)[nH]c1. The molecule has 0 aliphatic rings. The van der Waals surface area contributed by atoms with Gasteiger partial charge in [-0.05, 0) is 24.3 Å². The molecule has 0 saturated heterocycles. The van der Waals surface area contributed by atoms with E-state index < -0.39 is 5.91 Å². The summed E-state index contributed by atoms with van der Waals surface area (Å²) < 4.78 is 0.714. The molecule has 0 aliphatic heterocycles. The van der Waals surface area contributed by atoms with Crippen molar-refractivity contribution in [2.24, 2.45) is 10.9 Å². The highest BCUT2D eigenvalue weighted by molar-refractivity contribution is 9.10. The van der Waals surface area contributed by atoms with Crippen LogP contribution in [0.3, 0.4) is 0 Å². The quantitative estimate of drug-likeness (QED) is 0.290. The highest BCUT2D eigenvalue weighted by Gasteiger charge is 2.12. The number of carbonyl (C=O) groups excluding carboxylic acids is 1. The fourth-order valence-corrected chi connectivity index (χ4v) is 2.00. The van der Waals surface area contributed by atoms with Gasteiger partial charge in [0.15, 0.2) is 5.84 Å². The Balaban J connectivity index is 2.33. The highest BCUT2D eigenvalue weighted by atomic mass is 79.9. The zero-order valence-corrected chi connectivity index (χ0v) is 12.2. The molecule has 0 bridgehead atoms. The minimum atomic E-state index is -0.430. The van der Waals surface area contributed by atoms with Gasteiger partial charge in [0.1, 0.15) is 0 Å². The number of hydrogen-bond acceptors (Lipinski definition) is 4. The Labute approximate surface area is 127 Å². The van der Waals surface area contributed by atoms with Gasteiger partial charge in [0.25, 0.3) is 5.91 Å². The largest absolute Gasteiger partial charge is 0.409 e. The summed E-state index contributed by atoms with van der Waals surface area (Å²) in [4.78, 5) is 25.5. The van der Waals surface area contributed by atoms with Crippen molar-refractivity contribution < 1.29 is 10.0 Å². The number of halogens is 1. The molecule has 0 atom stereocenters. The summed E-state index contributed by atoms with van der Waals surface area (Å²) in [5, 5.41) is 14.3. The van der Waals surface area contributed by atoms with Gasteiger partial charge in [0, 0.05) is 22.3 Å². The van der Waals surface area contributed by atoms with E-state index in [-0.39, 0.29) is 17.0 Å². The molecular formula is C13H11BrN4O3. The molecule has 0 aliphatic carbocycles. The second kappa shape index (κ2) is 6.23. The van der Waals surface area contributed by atoms with Crippen LogP contribution in [0.5, 0.6) is 0 Å². The van der Waals surface area contributed by atoms with Crippen molar-refractivity contribution in [2.75, 3.05) is 5.32 Å². The van der Waals surface area contributed by atoms with Gasteiger partial charge >= 0.3 is 0 Å². The van der Waals surface area contributed by atoms with Crippen LogP contribution < -0.4 is 16.6 Å². The lowest BCUT2D eigenvalue weighted by molar-refractivity contribution is 0.102. The van der Waals surface area contributed by atoms with Crippen molar-refractivity contribution in [3.05, 3.63) is 62.5 Å². The summed E-state index contributed by atoms with van der Waals surface area (Å²) in [6, 6.07) is 7.58. The number of H-pyrrole nitrogens is 1. The molecule has 0 saturated carbocycles. The predicted octanol–water partition coefficient (Wildman–Crippen LogP) is 1.48. The maximum Gasteiger partial charge on any atom is 0.257 e. The van der Waals surface area contributed by atoms with Gasteiger partial charge in [-0.2, -0.15) is 0 Å². The van der Waals surface area contributed by atoms with Gasteiger partial charge in [0.2, 0.25) is 5.56 Å². The highest BCUT2D eigenvalue weighted by Crippen LogP contribution is 2.21. The van der Waals surface area contributed by atoms with Gasteiger partial charge in [0.05, 0.1) is 11.3 Å². The molecule has 0 unspecified atom stereocenters. The topological polar surface area (TPSA) is 121 Å². The first-order valence-corrected chi connectivity index (χ1v) is 6.58. The van der Waals surface area contributed by atoms with Gasteiger partial charge in [-0.25, -0.2) is 0 Å². The lowest BCUT2D eigenvalue weighted by Crippen LogP contribution is -2.20. The zero-order valence-electron chi connectivity index (χ0n) is 10.6. The van der Waals surface area contributed by atoms with Crippen LogP contribution in [0.15, 0.2) is 51.0 Å². The Morgan fingerprint density at radius 1 is 1.33 bits per heavy atom. The molecule has 5 N–H and O–H groups in total. The van der Waals surface area contributed by atoms with E-state index in [9.17, 15) is 9.59 Å². The number of aromatic amines is 1. The summed E-state index contributed by atoms with van der Waals surface area (Å²) in [5.74, 6) is -0.561. The normalized spacial score (nSPS) is 11.2. The number of oxime groups is 1. The lowest BCUT2D eigenvalue weighted by atomic mass is 10.1. The number of carbonyl (C=O) groups is 1. The molecule has 0 spiro atoms. The standard InChI is InChI=1S/C13H11BrN4O3/c14-8-2-3-10(9(5-8)12(15)18-21)17-13(20)7-1-4-11(19)16-6-7/h1-6,21H,(H2,15,18)(H,16,19)(H,17,20). The van der Waals surface area contributed by atoms with Crippen molar-refractivity contribution in [3.63, 3.8) is 0 Å². The van der Waals surface area contributed by atoms with E-state index in [1.807, 2.05) is 0 Å². The van der Waals surface area contributed by atoms with Gasteiger partial charge in [-0.3, -0.25) is 9.59 Å². The summed E-state index contributed by atoms with van der Waals surface area (Å²) in [5.41, 5.74) is 6.31. The van der Waals surface area contributed by atoms with Crippen LogP contribution in [0, 0.1) is 0 Å². The number of aromatic nitrogens is 1. The minimum Gasteiger partial charge on any atom is -0.409 e. The van der Waals surface area contributed by atoms with Gasteiger partial charge in [-0.1, -0.05) is 21.1 Å². The fourth-order valence-electron chi connectivity index (χ4n) is 1.64. The van der Waals surface area contributed by atoms with E-state index in [1.165, 1.54) is 18.3 Å². The monoisotopic (exact) mass is 350 g/mol. The second-order valence-corrected chi connectivity index (χ2v) is 4.99. The number of benzene rings is 1. The Kier molecular flexibility index (Phi) is 4.39. The minimum absolute atomic E-state index is 0.131. The van der Waals surface area contributed by atoms with Gasteiger partial charge in [-0.15, -0.1) is 0 Å². The molecule has 0 radical (unpaired) electrons. The molecule has 21 heavy (non-hydrogen) atoms. The molecule has 7 nitrogen and oxygen atoms in total. The van der Waals surface area contributed by atoms with E-state index >= 15 is 0 Å². The Morgan fingerprint density at radius 3 is 2.71 bits per heavy atom. The van der Waals surface area contributed by atoms with Crippen LogP contribution in [-0.4, -0.2) is 21.9 Å². The first kappa shape index (κ1) is 14.8. The van der Waals surface area contributed by atoms with Crippen LogP contribution in [0.2, 0.25) is 0 Å². The molecule has 1 aromatic carbocycles. The lowest BCUT2D eigenvalue weighted by Gasteiger charge is -2.10. The number of rotatable bonds is 3. The third-order valence-corrected chi connectivity index (χ3v) is 3.15. The second-order valence-electron chi connectivity index (χ2n) is 4.07. The molecule has 8 heteroatoms. The van der Waals surface area contributed by atoms with Crippen molar-refractivity contribution in [1.82, 2.24) is 4.98 Å². The third-order valence-electron chi connectivity index (χ3n) is 2.66. The Morgan fingerprint density at radius 2 is 2.10 bits per heavy atom. The summed E-state index contributed by atoms with van der Waals surface area (Å²) in [6.07, 6.45) is 1.31.